The van der Waals surface area contributed by atoms with Crippen LogP contribution < -0.4 is 16.2 Å². The van der Waals surface area contributed by atoms with Crippen LogP contribution in [0.15, 0.2) is 83.8 Å². The Morgan fingerprint density at radius 2 is 1.23 bits per heavy atom. The van der Waals surface area contributed by atoms with Gasteiger partial charge in [0, 0.05) is 24.2 Å². The van der Waals surface area contributed by atoms with Gasteiger partial charge in [-0.1, -0.05) is 30.3 Å². The van der Waals surface area contributed by atoms with Gasteiger partial charge in [-0.2, -0.15) is 4.31 Å². The van der Waals surface area contributed by atoms with Crippen molar-refractivity contribution in [3.63, 3.8) is 0 Å². The average molecular weight is 493 g/mol. The lowest BCUT2D eigenvalue weighted by atomic mass is 10.1. The highest BCUT2D eigenvalue weighted by molar-refractivity contribution is 7.89. The maximum atomic E-state index is 12.7. The van der Waals surface area contributed by atoms with Gasteiger partial charge in [0.1, 0.15) is 0 Å². The monoisotopic (exact) mass is 492 g/mol. The molecular weight excluding hydrogens is 468 g/mol. The SMILES string of the molecule is O=C(NNC(=O)c1ccccc1NC(=O)c1ccccc1)c1ccc(S(=O)(=O)N2CCCC2)cc1. The Morgan fingerprint density at radius 1 is 0.657 bits per heavy atom. The molecule has 1 heterocycles. The van der Waals surface area contributed by atoms with Crippen LogP contribution in [0.3, 0.4) is 0 Å². The van der Waals surface area contributed by atoms with Crippen LogP contribution in [0.1, 0.15) is 43.9 Å². The maximum absolute atomic E-state index is 12.7. The molecule has 4 rings (SSSR count). The molecule has 35 heavy (non-hydrogen) atoms. The Hall–Kier alpha value is -4.02. The smallest absolute Gasteiger partial charge is 0.271 e. The molecule has 10 heteroatoms. The molecule has 3 N–H and O–H groups in total. The van der Waals surface area contributed by atoms with Crippen molar-refractivity contribution in [1.29, 1.82) is 0 Å². The summed E-state index contributed by atoms with van der Waals surface area (Å²) >= 11 is 0. The van der Waals surface area contributed by atoms with E-state index < -0.39 is 21.8 Å². The summed E-state index contributed by atoms with van der Waals surface area (Å²) in [5.41, 5.74) is 5.69. The van der Waals surface area contributed by atoms with Gasteiger partial charge in [0.25, 0.3) is 17.7 Å². The normalized spacial score (nSPS) is 13.7. The summed E-state index contributed by atoms with van der Waals surface area (Å²) in [4.78, 5) is 37.8. The molecule has 1 fully saturated rings. The Labute approximate surface area is 203 Å². The molecule has 1 aliphatic rings. The predicted molar refractivity (Wildman–Crippen MR) is 130 cm³/mol. The second kappa shape index (κ2) is 10.5. The minimum atomic E-state index is -3.58. The van der Waals surface area contributed by atoms with Crippen molar-refractivity contribution in [3.8, 4) is 0 Å². The summed E-state index contributed by atoms with van der Waals surface area (Å²) in [6, 6.07) is 20.5. The van der Waals surface area contributed by atoms with Crippen molar-refractivity contribution < 1.29 is 22.8 Å². The molecule has 180 valence electrons. The standard InChI is InChI=1S/C25H24N4O5S/c30-23(18-8-2-1-3-9-18)26-22-11-5-4-10-21(22)25(32)28-27-24(31)19-12-14-20(15-13-19)35(33,34)29-16-6-7-17-29/h1-5,8-15H,6-7,16-17H2,(H,26,30)(H,27,31)(H,28,32). The fraction of sp³-hybridized carbons (Fsp3) is 0.160. The number of nitrogens with one attached hydrogen (secondary N) is 3. The molecule has 0 aromatic heterocycles. The summed E-state index contributed by atoms with van der Waals surface area (Å²) in [5, 5.41) is 2.70. The van der Waals surface area contributed by atoms with Gasteiger partial charge in [0.05, 0.1) is 16.1 Å². The van der Waals surface area contributed by atoms with E-state index in [1.165, 1.54) is 34.6 Å². The van der Waals surface area contributed by atoms with Crippen molar-refractivity contribution in [2.24, 2.45) is 0 Å². The van der Waals surface area contributed by atoms with Gasteiger partial charge in [0.15, 0.2) is 0 Å². The van der Waals surface area contributed by atoms with Gasteiger partial charge in [-0.3, -0.25) is 25.2 Å². The molecule has 0 saturated carbocycles. The van der Waals surface area contributed by atoms with Gasteiger partial charge >= 0.3 is 0 Å². The van der Waals surface area contributed by atoms with Crippen LogP contribution in [-0.4, -0.2) is 43.5 Å². The first kappa shape index (κ1) is 24.1. The zero-order valence-corrected chi connectivity index (χ0v) is 19.5. The van der Waals surface area contributed by atoms with E-state index in [2.05, 4.69) is 16.2 Å². The summed E-state index contributed by atoms with van der Waals surface area (Å²) in [6.45, 7) is 0.980. The lowest BCUT2D eigenvalue weighted by Crippen LogP contribution is -2.42. The number of anilines is 1. The van der Waals surface area contributed by atoms with E-state index >= 15 is 0 Å². The number of amides is 3. The average Bonchev–Trinajstić information content (AvgIpc) is 3.44. The van der Waals surface area contributed by atoms with Crippen LogP contribution in [0.4, 0.5) is 5.69 Å². The number of carbonyl (C=O) groups excluding carboxylic acids is 3. The highest BCUT2D eigenvalue weighted by atomic mass is 32.2. The van der Waals surface area contributed by atoms with E-state index in [-0.39, 0.29) is 27.6 Å². The first-order valence-electron chi connectivity index (χ1n) is 11.0. The van der Waals surface area contributed by atoms with Crippen LogP contribution in [0.25, 0.3) is 0 Å². The molecule has 0 aliphatic carbocycles. The number of hydrogen-bond donors (Lipinski definition) is 3. The summed E-state index contributed by atoms with van der Waals surface area (Å²) in [7, 11) is -3.58. The Morgan fingerprint density at radius 3 is 1.91 bits per heavy atom. The van der Waals surface area contributed by atoms with Crippen molar-refractivity contribution >= 4 is 33.4 Å². The molecule has 1 aliphatic heterocycles. The van der Waals surface area contributed by atoms with E-state index in [0.29, 0.717) is 18.7 Å². The van der Waals surface area contributed by atoms with Gasteiger partial charge in [-0.15, -0.1) is 0 Å². The van der Waals surface area contributed by atoms with Crippen molar-refractivity contribution in [3.05, 3.63) is 95.6 Å². The molecule has 3 aromatic carbocycles. The molecule has 0 bridgehead atoms. The van der Waals surface area contributed by atoms with Gasteiger partial charge in [-0.05, 0) is 61.4 Å². The van der Waals surface area contributed by atoms with E-state index in [9.17, 15) is 22.8 Å². The highest BCUT2D eigenvalue weighted by Crippen LogP contribution is 2.21. The van der Waals surface area contributed by atoms with Crippen molar-refractivity contribution in [2.45, 2.75) is 17.7 Å². The van der Waals surface area contributed by atoms with E-state index in [4.69, 9.17) is 0 Å². The predicted octanol–water partition coefficient (Wildman–Crippen LogP) is 2.80. The number of hydrogen-bond acceptors (Lipinski definition) is 5. The third-order valence-electron chi connectivity index (χ3n) is 5.56. The Balaban J connectivity index is 1.39. The largest absolute Gasteiger partial charge is 0.321 e. The number of para-hydroxylation sites is 1. The first-order valence-corrected chi connectivity index (χ1v) is 12.5. The number of carbonyl (C=O) groups is 3. The third kappa shape index (κ3) is 5.56. The fourth-order valence-corrected chi connectivity index (χ4v) is 5.20. The second-order valence-electron chi connectivity index (χ2n) is 7.91. The van der Waals surface area contributed by atoms with E-state index in [1.807, 2.05) is 0 Å². The molecule has 3 amide bonds. The third-order valence-corrected chi connectivity index (χ3v) is 7.48. The summed E-state index contributed by atoms with van der Waals surface area (Å²) < 4.78 is 26.7. The fourth-order valence-electron chi connectivity index (χ4n) is 3.68. The lowest BCUT2D eigenvalue weighted by molar-refractivity contribution is 0.0847. The van der Waals surface area contributed by atoms with Crippen LogP contribution in [0, 0.1) is 0 Å². The number of rotatable bonds is 6. The van der Waals surface area contributed by atoms with Crippen LogP contribution >= 0.6 is 0 Å². The molecule has 1 saturated heterocycles. The quantitative estimate of drug-likeness (QED) is 0.457. The molecule has 0 spiro atoms. The number of benzene rings is 3. The zero-order valence-electron chi connectivity index (χ0n) is 18.7. The maximum Gasteiger partial charge on any atom is 0.271 e. The number of sulfonamides is 1. The van der Waals surface area contributed by atoms with E-state index in [1.54, 1.807) is 48.5 Å². The van der Waals surface area contributed by atoms with Gasteiger partial charge in [0.2, 0.25) is 10.0 Å². The molecular formula is C25H24N4O5S. The summed E-state index contributed by atoms with van der Waals surface area (Å²) in [5.74, 6) is -1.62. The lowest BCUT2D eigenvalue weighted by Gasteiger charge is -2.15. The molecule has 0 atom stereocenters. The number of nitrogens with zero attached hydrogens (tertiary/aromatic N) is 1. The van der Waals surface area contributed by atoms with Crippen LogP contribution in [-0.2, 0) is 10.0 Å². The van der Waals surface area contributed by atoms with Crippen LogP contribution in [0.5, 0.6) is 0 Å². The minimum absolute atomic E-state index is 0.114. The van der Waals surface area contributed by atoms with Crippen LogP contribution in [0.2, 0.25) is 0 Å². The Bertz CT molecular complexity index is 1340. The number of hydrazine groups is 1. The molecule has 3 aromatic rings. The summed E-state index contributed by atoms with van der Waals surface area (Å²) in [6.07, 6.45) is 1.66. The Kier molecular flexibility index (Phi) is 7.23. The van der Waals surface area contributed by atoms with Crippen molar-refractivity contribution in [2.75, 3.05) is 18.4 Å². The van der Waals surface area contributed by atoms with E-state index in [0.717, 1.165) is 12.8 Å². The second-order valence-corrected chi connectivity index (χ2v) is 9.85. The zero-order chi connectivity index (χ0) is 24.8. The van der Waals surface area contributed by atoms with Crippen molar-refractivity contribution in [1.82, 2.24) is 15.2 Å². The topological polar surface area (TPSA) is 125 Å². The molecule has 0 unspecified atom stereocenters. The van der Waals surface area contributed by atoms with Gasteiger partial charge < -0.3 is 5.32 Å². The minimum Gasteiger partial charge on any atom is -0.321 e. The molecule has 9 nitrogen and oxygen atoms in total. The van der Waals surface area contributed by atoms with Gasteiger partial charge in [-0.25, -0.2) is 8.42 Å². The molecule has 0 radical (unpaired) electrons. The first-order chi connectivity index (χ1) is 16.9. The highest BCUT2D eigenvalue weighted by Gasteiger charge is 2.27.